The Bertz CT molecular complexity index is 1520. The topological polar surface area (TPSA) is 44.1 Å². The Balaban J connectivity index is 1.83. The molecule has 0 aliphatic carbocycles. The standard InChI is InChI=1S/C23H22N2O2/c1-2-3-8-16-25-20-14-7-6-13-19(20)22(24-25)23(26)27-21-15-9-11-17-10-4-5-12-18(17)21/h4-7,9-15H,2-3,8,16H2,1H3/i1D3,2D2,3D2,8D2,16D2. The summed E-state index contributed by atoms with van der Waals surface area (Å²) in [6.45, 7) is -7.08. The van der Waals surface area contributed by atoms with Crippen molar-refractivity contribution in [2.24, 2.45) is 0 Å². The van der Waals surface area contributed by atoms with E-state index >= 15 is 0 Å². The van der Waals surface area contributed by atoms with Crippen molar-refractivity contribution in [1.82, 2.24) is 9.78 Å². The number of hydrogen-bond acceptors (Lipinski definition) is 3. The molecule has 27 heavy (non-hydrogen) atoms. The average molecular weight is 370 g/mol. The van der Waals surface area contributed by atoms with E-state index in [4.69, 9.17) is 19.8 Å². The molecule has 0 bridgehead atoms. The van der Waals surface area contributed by atoms with Crippen LogP contribution in [0.3, 0.4) is 0 Å². The molecule has 1 heterocycles. The van der Waals surface area contributed by atoms with Gasteiger partial charge in [0, 0.05) is 29.6 Å². The van der Waals surface area contributed by atoms with E-state index in [-0.39, 0.29) is 16.7 Å². The quantitative estimate of drug-likeness (QED) is 0.328. The van der Waals surface area contributed by atoms with Crippen molar-refractivity contribution in [3.05, 3.63) is 72.4 Å². The lowest BCUT2D eigenvalue weighted by Gasteiger charge is -2.06. The van der Waals surface area contributed by atoms with E-state index in [0.29, 0.717) is 10.1 Å². The number of rotatable bonds is 6. The normalized spacial score (nSPS) is 19.8. The lowest BCUT2D eigenvalue weighted by molar-refractivity contribution is 0.0732. The summed E-state index contributed by atoms with van der Waals surface area (Å²) >= 11 is 0. The minimum Gasteiger partial charge on any atom is -0.421 e. The Kier molecular flexibility index (Phi) is 2.46. The lowest BCUT2D eigenvalue weighted by Crippen LogP contribution is -2.11. The Morgan fingerprint density at radius 3 is 2.70 bits per heavy atom. The van der Waals surface area contributed by atoms with Gasteiger partial charge in [-0.15, -0.1) is 0 Å². The number of benzene rings is 3. The number of fused-ring (bicyclic) bond motifs is 2. The van der Waals surface area contributed by atoms with Crippen LogP contribution in [0.4, 0.5) is 0 Å². The summed E-state index contributed by atoms with van der Waals surface area (Å²) in [5, 5.41) is 5.44. The van der Waals surface area contributed by atoms with Gasteiger partial charge in [-0.2, -0.15) is 5.10 Å². The summed E-state index contributed by atoms with van der Waals surface area (Å²) in [5.74, 6) is -0.791. The maximum atomic E-state index is 13.2. The third kappa shape index (κ3) is 3.43. The highest BCUT2D eigenvalue weighted by molar-refractivity contribution is 6.04. The number of aromatic nitrogens is 2. The van der Waals surface area contributed by atoms with Crippen molar-refractivity contribution in [2.45, 2.75) is 32.5 Å². The molecule has 4 nitrogen and oxygen atoms in total. The van der Waals surface area contributed by atoms with Crippen LogP contribution in [-0.2, 0) is 6.50 Å². The molecule has 0 fully saturated rings. The van der Waals surface area contributed by atoms with Gasteiger partial charge in [-0.1, -0.05) is 74.2 Å². The summed E-state index contributed by atoms with van der Waals surface area (Å²) in [6, 6.07) is 17.9. The smallest absolute Gasteiger partial charge is 0.364 e. The summed E-state index contributed by atoms with van der Waals surface area (Å²) in [4.78, 5) is 13.2. The molecule has 3 aromatic carbocycles. The van der Waals surface area contributed by atoms with Crippen molar-refractivity contribution in [3.8, 4) is 5.75 Å². The highest BCUT2D eigenvalue weighted by Crippen LogP contribution is 2.27. The van der Waals surface area contributed by atoms with Crippen molar-refractivity contribution in [3.63, 3.8) is 0 Å². The highest BCUT2D eigenvalue weighted by Gasteiger charge is 2.19. The monoisotopic (exact) mass is 369 g/mol. The molecule has 0 radical (unpaired) electrons. The fourth-order valence-corrected chi connectivity index (χ4v) is 2.85. The van der Waals surface area contributed by atoms with Crippen LogP contribution in [0.25, 0.3) is 21.7 Å². The fraction of sp³-hybridized carbons (Fsp3) is 0.217. The lowest BCUT2D eigenvalue weighted by atomic mass is 10.1. The molecule has 0 spiro atoms. The predicted molar refractivity (Wildman–Crippen MR) is 108 cm³/mol. The molecule has 4 rings (SSSR count). The Morgan fingerprint density at radius 2 is 1.81 bits per heavy atom. The summed E-state index contributed by atoms with van der Waals surface area (Å²) < 4.78 is 93.7. The molecule has 4 aromatic rings. The maximum Gasteiger partial charge on any atom is 0.364 e. The van der Waals surface area contributed by atoms with E-state index < -0.39 is 44.1 Å². The minimum atomic E-state index is -3.87. The van der Waals surface area contributed by atoms with Gasteiger partial charge in [0.15, 0.2) is 5.69 Å². The molecule has 0 aliphatic rings. The maximum absolute atomic E-state index is 13.2. The van der Waals surface area contributed by atoms with Crippen LogP contribution in [0.15, 0.2) is 66.7 Å². The zero-order valence-electron chi connectivity index (χ0n) is 25.1. The molecule has 0 unspecified atom stereocenters. The zero-order chi connectivity index (χ0) is 28.3. The van der Waals surface area contributed by atoms with Crippen molar-refractivity contribution in [2.75, 3.05) is 0 Å². The molecule has 0 atom stereocenters. The van der Waals surface area contributed by atoms with Gasteiger partial charge in [0.2, 0.25) is 0 Å². The summed E-state index contributed by atoms with van der Waals surface area (Å²) in [7, 11) is 0. The number of nitrogens with zero attached hydrogens (tertiary/aromatic N) is 2. The van der Waals surface area contributed by atoms with E-state index in [2.05, 4.69) is 5.10 Å². The van der Waals surface area contributed by atoms with Gasteiger partial charge in [0.1, 0.15) is 5.75 Å². The van der Waals surface area contributed by atoms with Crippen molar-refractivity contribution >= 4 is 27.6 Å². The molecular formula is C23H22N2O2. The second-order valence-electron chi connectivity index (χ2n) is 5.63. The van der Waals surface area contributed by atoms with Gasteiger partial charge >= 0.3 is 5.97 Å². The van der Waals surface area contributed by atoms with Crippen molar-refractivity contribution in [1.29, 1.82) is 0 Å². The summed E-state index contributed by atoms with van der Waals surface area (Å²) in [6.07, 6.45) is -11.4. The SMILES string of the molecule is [2H]C([2H])([2H])C([2H])([2H])C([2H])([2H])C([2H])([2H])C([2H])([2H])n1nc(C(=O)Oc2cccc3ccccc23)c2ccccc21. The molecule has 136 valence electrons. The average Bonchev–Trinajstić information content (AvgIpc) is 3.24. The first-order valence-electron chi connectivity index (χ1n) is 13.6. The van der Waals surface area contributed by atoms with Crippen LogP contribution < -0.4 is 4.74 Å². The van der Waals surface area contributed by atoms with E-state index in [1.807, 2.05) is 18.2 Å². The molecule has 0 N–H and O–H groups in total. The molecule has 1 aromatic heterocycles. The van der Waals surface area contributed by atoms with Gasteiger partial charge in [0.05, 0.1) is 8.26 Å². The molecule has 0 saturated carbocycles. The first-order valence-corrected chi connectivity index (χ1v) is 8.13. The van der Waals surface area contributed by atoms with Gasteiger partial charge in [-0.3, -0.25) is 4.68 Å². The fourth-order valence-electron chi connectivity index (χ4n) is 2.85. The molecular weight excluding hydrogens is 336 g/mol. The molecule has 0 saturated heterocycles. The number of ether oxygens (including phenoxy) is 1. The second-order valence-corrected chi connectivity index (χ2v) is 5.63. The number of aryl methyl sites for hydroxylation is 1. The van der Waals surface area contributed by atoms with E-state index in [1.165, 1.54) is 24.3 Å². The number of hydrogen-bond donors (Lipinski definition) is 0. The van der Waals surface area contributed by atoms with E-state index in [0.717, 1.165) is 5.39 Å². The number of esters is 1. The number of para-hydroxylation sites is 1. The van der Waals surface area contributed by atoms with Gasteiger partial charge < -0.3 is 4.74 Å². The Hall–Kier alpha value is -3.14. The minimum absolute atomic E-state index is 0.0665. The summed E-state index contributed by atoms with van der Waals surface area (Å²) in [5.41, 5.74) is -0.510. The van der Waals surface area contributed by atoms with Crippen LogP contribution in [0.5, 0.6) is 5.75 Å². The Morgan fingerprint density at radius 1 is 1.04 bits per heavy atom. The van der Waals surface area contributed by atoms with Gasteiger partial charge in [-0.05, 0) is 23.9 Å². The van der Waals surface area contributed by atoms with Crippen LogP contribution in [0.2, 0.25) is 0 Å². The van der Waals surface area contributed by atoms with Crippen molar-refractivity contribution < 1.29 is 24.6 Å². The molecule has 0 amide bonds. The van der Waals surface area contributed by atoms with E-state index in [1.54, 1.807) is 24.3 Å². The zero-order valence-corrected chi connectivity index (χ0v) is 14.1. The highest BCUT2D eigenvalue weighted by atomic mass is 16.5. The first-order chi connectivity index (χ1) is 17.4. The van der Waals surface area contributed by atoms with Gasteiger partial charge in [-0.25, -0.2) is 4.79 Å². The second kappa shape index (κ2) is 7.62. The number of carbonyl (C=O) groups excluding carboxylic acids is 1. The van der Waals surface area contributed by atoms with Gasteiger partial charge in [0.25, 0.3) is 0 Å². The Labute approximate surface area is 173 Å². The van der Waals surface area contributed by atoms with Crippen LogP contribution in [-0.4, -0.2) is 15.7 Å². The molecule has 0 aliphatic heterocycles. The largest absolute Gasteiger partial charge is 0.421 e. The van der Waals surface area contributed by atoms with Crippen LogP contribution >= 0.6 is 0 Å². The van der Waals surface area contributed by atoms with E-state index in [9.17, 15) is 4.79 Å². The third-order valence-corrected chi connectivity index (χ3v) is 4.02. The van der Waals surface area contributed by atoms with Crippen LogP contribution in [0.1, 0.15) is 51.5 Å². The molecule has 4 heteroatoms. The van der Waals surface area contributed by atoms with Crippen LogP contribution in [0, 0.1) is 0 Å². The first kappa shape index (κ1) is 8.70. The predicted octanol–water partition coefficient (Wildman–Crippen LogP) is 5.60. The third-order valence-electron chi connectivity index (χ3n) is 4.02. The number of carbonyl (C=O) groups is 1.